The van der Waals surface area contributed by atoms with E-state index in [9.17, 15) is 9.59 Å². The normalized spacial score (nSPS) is 11.4. The number of aromatic nitrogens is 1. The van der Waals surface area contributed by atoms with E-state index in [2.05, 4.69) is 15.6 Å². The Morgan fingerprint density at radius 2 is 1.82 bits per heavy atom. The number of amides is 2. The standard InChI is InChI=1S/C25H30N4O4S/c1-26-25(33)22-15-21-20(16-27-17-23(21)34-22)14-19-4-2-18(3-5-19)6-7-24(32)28-8-9-29(10-12-30)11-13-31/h2-7,15-17,30-31H,8-14H2,1H3,(H,26,33)(H,28,32)/b7-6+. The van der Waals surface area contributed by atoms with Crippen LogP contribution in [0.4, 0.5) is 0 Å². The first-order valence-corrected chi connectivity index (χ1v) is 11.9. The van der Waals surface area contributed by atoms with Gasteiger partial charge in [0.2, 0.25) is 5.91 Å². The highest BCUT2D eigenvalue weighted by molar-refractivity contribution is 7.20. The first kappa shape index (κ1) is 25.5. The lowest BCUT2D eigenvalue weighted by Crippen LogP contribution is -2.37. The van der Waals surface area contributed by atoms with Crippen molar-refractivity contribution in [2.75, 3.05) is 46.4 Å². The van der Waals surface area contributed by atoms with Gasteiger partial charge in [0, 0.05) is 51.7 Å². The average Bonchev–Trinajstić information content (AvgIpc) is 3.29. The lowest BCUT2D eigenvalue weighted by Gasteiger charge is -2.19. The second kappa shape index (κ2) is 13.0. The Morgan fingerprint density at radius 1 is 1.09 bits per heavy atom. The summed E-state index contributed by atoms with van der Waals surface area (Å²) < 4.78 is 0.984. The van der Waals surface area contributed by atoms with Crippen molar-refractivity contribution in [1.29, 1.82) is 0 Å². The largest absolute Gasteiger partial charge is 0.395 e. The number of pyridine rings is 1. The number of carbonyl (C=O) groups excluding carboxylic acids is 2. The minimum absolute atomic E-state index is 0.0137. The van der Waals surface area contributed by atoms with Crippen LogP contribution in [0.2, 0.25) is 0 Å². The molecule has 0 aliphatic heterocycles. The average molecular weight is 483 g/mol. The summed E-state index contributed by atoms with van der Waals surface area (Å²) in [5.74, 6) is -0.292. The van der Waals surface area contributed by atoms with Gasteiger partial charge in [0.1, 0.15) is 0 Å². The molecule has 9 heteroatoms. The molecule has 4 N–H and O–H groups in total. The van der Waals surface area contributed by atoms with Gasteiger partial charge in [-0.2, -0.15) is 0 Å². The molecule has 0 spiro atoms. The number of fused-ring (bicyclic) bond motifs is 1. The van der Waals surface area contributed by atoms with E-state index in [1.54, 1.807) is 19.3 Å². The van der Waals surface area contributed by atoms with E-state index in [-0.39, 0.29) is 25.0 Å². The molecule has 8 nitrogen and oxygen atoms in total. The van der Waals surface area contributed by atoms with Gasteiger partial charge in [0.15, 0.2) is 0 Å². The minimum atomic E-state index is -0.195. The molecule has 34 heavy (non-hydrogen) atoms. The number of benzene rings is 1. The van der Waals surface area contributed by atoms with E-state index in [1.807, 2.05) is 41.4 Å². The van der Waals surface area contributed by atoms with Crippen LogP contribution in [-0.4, -0.2) is 78.4 Å². The van der Waals surface area contributed by atoms with Crippen molar-refractivity contribution in [2.45, 2.75) is 6.42 Å². The summed E-state index contributed by atoms with van der Waals surface area (Å²) in [6.07, 6.45) is 7.56. The van der Waals surface area contributed by atoms with Gasteiger partial charge < -0.3 is 20.8 Å². The maximum atomic E-state index is 12.1. The summed E-state index contributed by atoms with van der Waals surface area (Å²) in [7, 11) is 1.62. The zero-order valence-electron chi connectivity index (χ0n) is 19.2. The number of nitrogens with zero attached hydrogens (tertiary/aromatic N) is 2. The van der Waals surface area contributed by atoms with Crippen LogP contribution < -0.4 is 10.6 Å². The van der Waals surface area contributed by atoms with Gasteiger partial charge in [-0.3, -0.25) is 19.5 Å². The zero-order chi connectivity index (χ0) is 24.3. The Bertz CT molecular complexity index is 1120. The third-order valence-corrected chi connectivity index (χ3v) is 6.41. The highest BCUT2D eigenvalue weighted by atomic mass is 32.1. The number of aliphatic hydroxyl groups is 2. The molecule has 3 rings (SSSR count). The van der Waals surface area contributed by atoms with E-state index in [4.69, 9.17) is 10.2 Å². The molecular formula is C25H30N4O4S. The van der Waals surface area contributed by atoms with E-state index >= 15 is 0 Å². The number of hydrogen-bond donors (Lipinski definition) is 4. The Balaban J connectivity index is 1.56. The Morgan fingerprint density at radius 3 is 2.50 bits per heavy atom. The fourth-order valence-corrected chi connectivity index (χ4v) is 4.57. The number of aliphatic hydroxyl groups excluding tert-OH is 2. The van der Waals surface area contributed by atoms with Crippen molar-refractivity contribution in [3.8, 4) is 0 Å². The van der Waals surface area contributed by atoms with Crippen LogP contribution in [0, 0.1) is 0 Å². The molecule has 2 amide bonds. The van der Waals surface area contributed by atoms with Crippen LogP contribution in [0.5, 0.6) is 0 Å². The summed E-state index contributed by atoms with van der Waals surface area (Å²) in [5, 5.41) is 24.6. The fraction of sp³-hybridized carbons (Fsp3) is 0.320. The molecule has 180 valence electrons. The lowest BCUT2D eigenvalue weighted by molar-refractivity contribution is -0.116. The second-order valence-corrected chi connectivity index (χ2v) is 8.82. The summed E-state index contributed by atoms with van der Waals surface area (Å²) in [5.41, 5.74) is 3.08. The molecule has 3 aromatic rings. The minimum Gasteiger partial charge on any atom is -0.395 e. The topological polar surface area (TPSA) is 115 Å². The maximum absolute atomic E-state index is 12.1. The van der Waals surface area contributed by atoms with Crippen LogP contribution in [0.1, 0.15) is 26.4 Å². The molecule has 0 saturated carbocycles. The number of hydrogen-bond acceptors (Lipinski definition) is 7. The van der Waals surface area contributed by atoms with Gasteiger partial charge in [-0.15, -0.1) is 11.3 Å². The van der Waals surface area contributed by atoms with Crippen molar-refractivity contribution >= 4 is 39.3 Å². The smallest absolute Gasteiger partial charge is 0.261 e. The fourth-order valence-electron chi connectivity index (χ4n) is 3.55. The van der Waals surface area contributed by atoms with Gasteiger partial charge in [-0.05, 0) is 40.6 Å². The molecule has 0 unspecified atom stereocenters. The predicted molar refractivity (Wildman–Crippen MR) is 135 cm³/mol. The molecule has 0 radical (unpaired) electrons. The number of carbonyl (C=O) groups is 2. The monoisotopic (exact) mass is 482 g/mol. The van der Waals surface area contributed by atoms with Crippen LogP contribution in [0.3, 0.4) is 0 Å². The summed E-state index contributed by atoms with van der Waals surface area (Å²) >= 11 is 1.43. The highest BCUT2D eigenvalue weighted by Gasteiger charge is 2.12. The second-order valence-electron chi connectivity index (χ2n) is 7.73. The highest BCUT2D eigenvalue weighted by Crippen LogP contribution is 2.29. The van der Waals surface area contributed by atoms with Crippen LogP contribution in [0.15, 0.2) is 48.8 Å². The zero-order valence-corrected chi connectivity index (χ0v) is 20.0. The van der Waals surface area contributed by atoms with E-state index in [0.717, 1.165) is 26.8 Å². The van der Waals surface area contributed by atoms with E-state index in [1.165, 1.54) is 17.4 Å². The van der Waals surface area contributed by atoms with Crippen molar-refractivity contribution in [1.82, 2.24) is 20.5 Å². The SMILES string of the molecule is CNC(=O)c1cc2c(Cc3ccc(/C=C/C(=O)NCCN(CCO)CCO)cc3)cncc2s1. The first-order valence-electron chi connectivity index (χ1n) is 11.1. The number of nitrogens with one attached hydrogen (secondary N) is 2. The lowest BCUT2D eigenvalue weighted by atomic mass is 10.0. The van der Waals surface area contributed by atoms with Gasteiger partial charge in [0.05, 0.1) is 22.8 Å². The van der Waals surface area contributed by atoms with Gasteiger partial charge in [-0.1, -0.05) is 24.3 Å². The van der Waals surface area contributed by atoms with Crippen molar-refractivity contribution < 1.29 is 19.8 Å². The molecule has 2 heterocycles. The predicted octanol–water partition coefficient (Wildman–Crippen LogP) is 1.66. The molecule has 0 bridgehead atoms. The summed E-state index contributed by atoms with van der Waals surface area (Å²) in [6, 6.07) is 9.87. The van der Waals surface area contributed by atoms with Crippen LogP contribution in [-0.2, 0) is 11.2 Å². The van der Waals surface area contributed by atoms with Crippen molar-refractivity contribution in [3.63, 3.8) is 0 Å². The summed E-state index contributed by atoms with van der Waals surface area (Å²) in [6.45, 7) is 1.95. The number of thiophene rings is 1. The molecule has 0 aliphatic rings. The molecule has 0 saturated heterocycles. The molecular weight excluding hydrogens is 452 g/mol. The van der Waals surface area contributed by atoms with Gasteiger partial charge >= 0.3 is 0 Å². The molecule has 1 aromatic carbocycles. The molecule has 2 aromatic heterocycles. The van der Waals surface area contributed by atoms with E-state index < -0.39 is 0 Å². The first-order chi connectivity index (χ1) is 16.5. The Kier molecular flexibility index (Phi) is 9.72. The van der Waals surface area contributed by atoms with Crippen molar-refractivity contribution in [2.24, 2.45) is 0 Å². The third-order valence-electron chi connectivity index (χ3n) is 5.34. The molecule has 0 atom stereocenters. The van der Waals surface area contributed by atoms with E-state index in [0.29, 0.717) is 37.5 Å². The van der Waals surface area contributed by atoms with Crippen LogP contribution in [0.25, 0.3) is 16.2 Å². The van der Waals surface area contributed by atoms with Gasteiger partial charge in [0.25, 0.3) is 5.91 Å². The quantitative estimate of drug-likeness (QED) is 0.292. The molecule has 0 aliphatic carbocycles. The Hall–Kier alpha value is -3.11. The third kappa shape index (κ3) is 7.19. The van der Waals surface area contributed by atoms with Crippen LogP contribution >= 0.6 is 11.3 Å². The number of rotatable bonds is 12. The van der Waals surface area contributed by atoms with Crippen molar-refractivity contribution in [3.05, 3.63) is 70.4 Å². The summed E-state index contributed by atoms with van der Waals surface area (Å²) in [4.78, 5) is 30.9. The van der Waals surface area contributed by atoms with Gasteiger partial charge in [-0.25, -0.2) is 0 Å². The maximum Gasteiger partial charge on any atom is 0.261 e. The molecule has 0 fully saturated rings. The Labute approximate surface area is 202 Å².